The molecule has 0 radical (unpaired) electrons. The minimum atomic E-state index is -2.68. The number of nitrogens with two attached hydrogens (primary N) is 2. The van der Waals surface area contributed by atoms with E-state index >= 15 is 0 Å². The zero-order valence-electron chi connectivity index (χ0n) is 19.1. The van der Waals surface area contributed by atoms with Gasteiger partial charge in [0.25, 0.3) is 5.92 Å². The second-order valence-electron chi connectivity index (χ2n) is 8.70. The molecule has 1 aliphatic heterocycles. The number of halogens is 2. The van der Waals surface area contributed by atoms with Crippen LogP contribution in [0.5, 0.6) is 0 Å². The molecule has 2 aliphatic rings. The van der Waals surface area contributed by atoms with E-state index in [2.05, 4.69) is 20.5 Å². The van der Waals surface area contributed by atoms with Crippen molar-refractivity contribution in [1.82, 2.24) is 25.2 Å². The van der Waals surface area contributed by atoms with Crippen LogP contribution in [0.1, 0.15) is 55.6 Å². The van der Waals surface area contributed by atoms with Crippen LogP contribution in [-0.4, -0.2) is 57.8 Å². The van der Waals surface area contributed by atoms with Gasteiger partial charge in [-0.25, -0.2) is 24.6 Å². The molecule has 33 heavy (non-hydrogen) atoms. The zero-order chi connectivity index (χ0) is 23.6. The maximum Gasteiger partial charge on any atom is 0.265 e. The molecule has 0 spiro atoms. The number of aromatic nitrogens is 4. The van der Waals surface area contributed by atoms with Gasteiger partial charge in [0.15, 0.2) is 0 Å². The predicted molar refractivity (Wildman–Crippen MR) is 123 cm³/mol. The minimum absolute atomic E-state index is 0.0752. The summed E-state index contributed by atoms with van der Waals surface area (Å²) in [6.45, 7) is 2.52. The van der Waals surface area contributed by atoms with E-state index in [1.807, 2.05) is 13.0 Å². The number of pyridine rings is 1. The van der Waals surface area contributed by atoms with Crippen LogP contribution in [0.15, 0.2) is 24.0 Å². The second kappa shape index (κ2) is 9.42. The Kier molecular flexibility index (Phi) is 6.59. The number of nitrogens with zero attached hydrogens (tertiary/aromatic N) is 6. The number of anilines is 2. The Hall–Kier alpha value is -3.08. The molecule has 0 atom stereocenters. The Balaban J connectivity index is 1.55. The summed E-state index contributed by atoms with van der Waals surface area (Å²) in [4.78, 5) is 10.9. The number of alkyl halides is 2. The summed E-state index contributed by atoms with van der Waals surface area (Å²) in [5.74, 6) is 4.25. The molecule has 1 saturated carbocycles. The summed E-state index contributed by atoms with van der Waals surface area (Å²) in [6.07, 6.45) is 4.91. The fraction of sp³-hybridized carbons (Fsp3) is 0.545. The van der Waals surface area contributed by atoms with Gasteiger partial charge in [0.05, 0.1) is 53.4 Å². The normalized spacial score (nSPS) is 18.6. The summed E-state index contributed by atoms with van der Waals surface area (Å²) in [7, 11) is 1.69. The van der Waals surface area contributed by atoms with E-state index in [-0.39, 0.29) is 19.5 Å². The summed E-state index contributed by atoms with van der Waals surface area (Å²) in [5.41, 5.74) is 10.4. The predicted octanol–water partition coefficient (Wildman–Crippen LogP) is 2.49. The fourth-order valence-corrected chi connectivity index (χ4v) is 4.05. The maximum absolute atomic E-state index is 13.9. The van der Waals surface area contributed by atoms with Gasteiger partial charge in [0.2, 0.25) is 5.95 Å². The van der Waals surface area contributed by atoms with Gasteiger partial charge in [-0.1, -0.05) is 6.92 Å². The van der Waals surface area contributed by atoms with E-state index < -0.39 is 5.92 Å². The molecule has 0 amide bonds. The highest BCUT2D eigenvalue weighted by Crippen LogP contribution is 2.38. The van der Waals surface area contributed by atoms with Crippen molar-refractivity contribution in [2.24, 2.45) is 11.6 Å². The van der Waals surface area contributed by atoms with Crippen molar-refractivity contribution in [2.45, 2.75) is 50.9 Å². The molecule has 2 aromatic heterocycles. The lowest BCUT2D eigenvalue weighted by atomic mass is 10.1. The lowest BCUT2D eigenvalue weighted by Crippen LogP contribution is -2.43. The summed E-state index contributed by atoms with van der Waals surface area (Å²) >= 11 is 0. The minimum Gasteiger partial charge on any atom is -0.395 e. The number of hydrogen-bond acceptors (Lipinski definition) is 9. The number of hydrogen-bond donors (Lipinski definition) is 3. The first kappa shape index (κ1) is 23.1. The Bertz CT molecular complexity index is 1020. The van der Waals surface area contributed by atoms with E-state index in [1.54, 1.807) is 24.2 Å². The average molecular weight is 460 g/mol. The molecular weight excluding hydrogens is 428 g/mol. The van der Waals surface area contributed by atoms with Crippen molar-refractivity contribution < 1.29 is 8.78 Å². The molecule has 0 bridgehead atoms. The van der Waals surface area contributed by atoms with E-state index in [0.29, 0.717) is 48.3 Å². The summed E-state index contributed by atoms with van der Waals surface area (Å²) in [6, 6.07) is 3.58. The first-order valence-corrected chi connectivity index (χ1v) is 11.3. The SMILES string of the molecule is CCc1nc(/C(N)=C(\CNc2nncc(C3CC3)n2)N(C)N)ccc1N1CCCC(F)(F)C1. The topological polar surface area (TPSA) is 122 Å². The summed E-state index contributed by atoms with van der Waals surface area (Å²) in [5, 5.41) is 12.6. The zero-order valence-corrected chi connectivity index (χ0v) is 19.1. The maximum atomic E-state index is 13.9. The molecular formula is C22H31F2N9. The van der Waals surface area contributed by atoms with Crippen LogP contribution >= 0.6 is 0 Å². The molecule has 2 aromatic rings. The second-order valence-corrected chi connectivity index (χ2v) is 8.70. The number of aryl methyl sites for hydroxylation is 1. The van der Waals surface area contributed by atoms with Gasteiger partial charge in [-0.05, 0) is 37.8 Å². The fourth-order valence-electron chi connectivity index (χ4n) is 4.05. The van der Waals surface area contributed by atoms with Gasteiger partial charge in [-0.3, -0.25) is 0 Å². The van der Waals surface area contributed by atoms with Crippen LogP contribution in [0.4, 0.5) is 20.4 Å². The highest BCUT2D eigenvalue weighted by molar-refractivity contribution is 5.66. The lowest BCUT2D eigenvalue weighted by Gasteiger charge is -2.35. The number of likely N-dealkylation sites (N-methyl/N-ethyl adjacent to an activating group) is 1. The quantitative estimate of drug-likeness (QED) is 0.404. The Morgan fingerprint density at radius 2 is 2.09 bits per heavy atom. The van der Waals surface area contributed by atoms with Crippen LogP contribution < -0.4 is 21.8 Å². The molecule has 0 aromatic carbocycles. The van der Waals surface area contributed by atoms with Crippen molar-refractivity contribution >= 4 is 17.3 Å². The molecule has 1 saturated heterocycles. The van der Waals surface area contributed by atoms with Gasteiger partial charge in [-0.2, -0.15) is 5.10 Å². The molecule has 3 heterocycles. The standard InChI is InChI=1S/C22H31F2N9/c1-3-15-18(33-10-4-9-22(23,24)13-33)8-7-16(29-15)20(25)19(32(2)26)12-27-21-30-17(11-28-31-21)14-5-6-14/h7-8,11,14H,3-6,9-10,12-13,25-26H2,1-2H3,(H,27,30,31)/b20-19-. The Morgan fingerprint density at radius 3 is 2.76 bits per heavy atom. The van der Waals surface area contributed by atoms with Crippen molar-refractivity contribution in [3.63, 3.8) is 0 Å². The van der Waals surface area contributed by atoms with Gasteiger partial charge < -0.3 is 21.0 Å². The third-order valence-corrected chi connectivity index (χ3v) is 6.02. The van der Waals surface area contributed by atoms with Gasteiger partial charge in [-0.15, -0.1) is 5.10 Å². The molecule has 178 valence electrons. The van der Waals surface area contributed by atoms with Gasteiger partial charge in [0.1, 0.15) is 0 Å². The van der Waals surface area contributed by atoms with Crippen molar-refractivity contribution in [3.8, 4) is 0 Å². The first-order valence-electron chi connectivity index (χ1n) is 11.3. The Labute approximate surface area is 192 Å². The molecule has 11 heteroatoms. The van der Waals surface area contributed by atoms with Crippen molar-refractivity contribution in [2.75, 3.05) is 36.9 Å². The van der Waals surface area contributed by atoms with Crippen LogP contribution in [0.3, 0.4) is 0 Å². The molecule has 4 rings (SSSR count). The highest BCUT2D eigenvalue weighted by Gasteiger charge is 2.36. The molecule has 2 fully saturated rings. The number of hydrazine groups is 1. The van der Waals surface area contributed by atoms with Crippen LogP contribution in [0, 0.1) is 0 Å². The molecule has 9 nitrogen and oxygen atoms in total. The third-order valence-electron chi connectivity index (χ3n) is 6.02. The van der Waals surface area contributed by atoms with Crippen molar-refractivity contribution in [1.29, 1.82) is 0 Å². The number of nitrogens with one attached hydrogen (secondary N) is 1. The lowest BCUT2D eigenvalue weighted by molar-refractivity contribution is -0.0117. The monoisotopic (exact) mass is 459 g/mol. The first-order chi connectivity index (χ1) is 15.8. The van der Waals surface area contributed by atoms with E-state index in [1.165, 1.54) is 5.01 Å². The molecule has 0 unspecified atom stereocenters. The van der Waals surface area contributed by atoms with Crippen molar-refractivity contribution in [3.05, 3.63) is 41.1 Å². The molecule has 1 aliphatic carbocycles. The van der Waals surface area contributed by atoms with Crippen LogP contribution in [-0.2, 0) is 6.42 Å². The Morgan fingerprint density at radius 1 is 1.30 bits per heavy atom. The third kappa shape index (κ3) is 5.47. The largest absolute Gasteiger partial charge is 0.395 e. The average Bonchev–Trinajstić information content (AvgIpc) is 3.63. The summed E-state index contributed by atoms with van der Waals surface area (Å²) < 4.78 is 27.9. The smallest absolute Gasteiger partial charge is 0.265 e. The van der Waals surface area contributed by atoms with E-state index in [4.69, 9.17) is 16.6 Å². The van der Waals surface area contributed by atoms with Gasteiger partial charge in [0, 0.05) is 25.9 Å². The van der Waals surface area contributed by atoms with E-state index in [0.717, 1.165) is 29.9 Å². The van der Waals surface area contributed by atoms with E-state index in [9.17, 15) is 8.78 Å². The highest BCUT2D eigenvalue weighted by atomic mass is 19.3. The number of rotatable bonds is 8. The van der Waals surface area contributed by atoms with Crippen LogP contribution in [0.25, 0.3) is 5.70 Å². The van der Waals surface area contributed by atoms with Crippen LogP contribution in [0.2, 0.25) is 0 Å². The number of piperidine rings is 1. The van der Waals surface area contributed by atoms with Gasteiger partial charge >= 0.3 is 0 Å². The molecule has 5 N–H and O–H groups in total.